The molecule has 0 aliphatic carbocycles. The van der Waals surface area contributed by atoms with Gasteiger partial charge in [-0.3, -0.25) is 13.9 Å². The molecule has 7 nitrogen and oxygen atoms in total. The highest BCUT2D eigenvalue weighted by molar-refractivity contribution is 7.92. The fraction of sp³-hybridized carbons (Fsp3) is 0.278. The number of aryl methyl sites for hydroxylation is 2. The van der Waals surface area contributed by atoms with Crippen LogP contribution in [0.15, 0.2) is 108 Å². The van der Waals surface area contributed by atoms with Gasteiger partial charge in [-0.25, -0.2) is 12.8 Å². The lowest BCUT2D eigenvalue weighted by Crippen LogP contribution is -2.53. The van der Waals surface area contributed by atoms with Gasteiger partial charge in [-0.1, -0.05) is 85.6 Å². The number of amides is 2. The Morgan fingerprint density at radius 2 is 1.49 bits per heavy atom. The van der Waals surface area contributed by atoms with E-state index in [1.807, 2.05) is 75.4 Å². The smallest absolute Gasteiger partial charge is 0.264 e. The Kier molecular flexibility index (Phi) is 11.5. The van der Waals surface area contributed by atoms with Crippen molar-refractivity contribution in [2.24, 2.45) is 0 Å². The molecule has 45 heavy (non-hydrogen) atoms. The predicted molar refractivity (Wildman–Crippen MR) is 176 cm³/mol. The molecule has 0 aliphatic heterocycles. The molecular formula is C36H40FN3O4S. The van der Waals surface area contributed by atoms with Crippen LogP contribution < -0.4 is 9.62 Å². The van der Waals surface area contributed by atoms with Crippen LogP contribution in [0.4, 0.5) is 10.1 Å². The first-order valence-electron chi connectivity index (χ1n) is 15.1. The molecule has 0 aromatic heterocycles. The fourth-order valence-corrected chi connectivity index (χ4v) is 6.42. The van der Waals surface area contributed by atoms with E-state index in [0.717, 1.165) is 51.5 Å². The summed E-state index contributed by atoms with van der Waals surface area (Å²) in [5.74, 6) is -1.42. The van der Waals surface area contributed by atoms with Crippen LogP contribution in [0.1, 0.15) is 42.0 Å². The normalized spacial score (nSPS) is 11.9. The van der Waals surface area contributed by atoms with E-state index in [1.54, 1.807) is 12.1 Å². The highest BCUT2D eigenvalue weighted by Gasteiger charge is 2.34. The lowest BCUT2D eigenvalue weighted by Gasteiger charge is -2.34. The summed E-state index contributed by atoms with van der Waals surface area (Å²) in [5, 5.41) is 2.99. The molecule has 0 bridgehead atoms. The number of hydrogen-bond acceptors (Lipinski definition) is 4. The number of unbranched alkanes of at least 4 members (excludes halogenated alkanes) is 1. The molecule has 0 radical (unpaired) electrons. The van der Waals surface area contributed by atoms with Gasteiger partial charge in [0.1, 0.15) is 18.4 Å². The standard InChI is InChI=1S/C36H40FN3O4S/c1-4-5-23-38-36(42)34(24-29-12-7-6-8-13-29)39(25-30-14-10-9-11-28(30)3)35(41)26-40(32-19-17-31(37)18-20-32)45(43,44)33-21-15-27(2)16-22-33/h6-22,34H,4-5,23-26H2,1-3H3,(H,38,42)/t34-/m1/s1. The van der Waals surface area contributed by atoms with Crippen LogP contribution in [0, 0.1) is 19.7 Å². The Balaban J connectivity index is 1.79. The van der Waals surface area contributed by atoms with E-state index in [4.69, 9.17) is 0 Å². The monoisotopic (exact) mass is 629 g/mol. The minimum Gasteiger partial charge on any atom is -0.354 e. The van der Waals surface area contributed by atoms with Gasteiger partial charge < -0.3 is 10.2 Å². The number of benzene rings is 4. The Labute approximate surface area is 265 Å². The summed E-state index contributed by atoms with van der Waals surface area (Å²) < 4.78 is 43.0. The Bertz CT molecular complexity index is 1680. The Morgan fingerprint density at radius 1 is 0.844 bits per heavy atom. The molecule has 0 saturated carbocycles. The summed E-state index contributed by atoms with van der Waals surface area (Å²) in [6, 6.07) is 27.4. The van der Waals surface area contributed by atoms with Gasteiger partial charge in [0.15, 0.2) is 0 Å². The van der Waals surface area contributed by atoms with E-state index < -0.39 is 34.3 Å². The largest absolute Gasteiger partial charge is 0.354 e. The van der Waals surface area contributed by atoms with Crippen molar-refractivity contribution in [1.82, 2.24) is 10.2 Å². The molecule has 4 rings (SSSR count). The summed E-state index contributed by atoms with van der Waals surface area (Å²) in [5.41, 5.74) is 3.63. The number of nitrogens with zero attached hydrogens (tertiary/aromatic N) is 2. The molecule has 0 fully saturated rings. The van der Waals surface area contributed by atoms with Crippen molar-refractivity contribution in [3.05, 3.63) is 131 Å². The van der Waals surface area contributed by atoms with E-state index in [0.29, 0.717) is 6.54 Å². The zero-order chi connectivity index (χ0) is 32.4. The maximum Gasteiger partial charge on any atom is 0.264 e. The van der Waals surface area contributed by atoms with Crippen LogP contribution in [0.3, 0.4) is 0 Å². The maximum absolute atomic E-state index is 14.5. The third-order valence-electron chi connectivity index (χ3n) is 7.71. The molecular weight excluding hydrogens is 589 g/mol. The van der Waals surface area contributed by atoms with Gasteiger partial charge in [0.25, 0.3) is 10.0 Å². The van der Waals surface area contributed by atoms with Gasteiger partial charge in [0, 0.05) is 19.5 Å². The first kappa shape index (κ1) is 33.4. The van der Waals surface area contributed by atoms with Crippen molar-refractivity contribution < 1.29 is 22.4 Å². The number of carbonyl (C=O) groups is 2. The van der Waals surface area contributed by atoms with Crippen LogP contribution >= 0.6 is 0 Å². The molecule has 0 spiro atoms. The molecule has 1 atom stereocenters. The van der Waals surface area contributed by atoms with Crippen molar-refractivity contribution >= 4 is 27.5 Å². The second-order valence-corrected chi connectivity index (χ2v) is 13.0. The van der Waals surface area contributed by atoms with Crippen LogP contribution in [0.25, 0.3) is 0 Å². The topological polar surface area (TPSA) is 86.8 Å². The third kappa shape index (κ3) is 8.79. The van der Waals surface area contributed by atoms with E-state index >= 15 is 0 Å². The van der Waals surface area contributed by atoms with Crippen LogP contribution in [-0.4, -0.2) is 44.3 Å². The molecule has 1 N–H and O–H groups in total. The fourth-order valence-electron chi connectivity index (χ4n) is 5.00. The molecule has 0 saturated heterocycles. The van der Waals surface area contributed by atoms with Crippen molar-refractivity contribution in [2.45, 2.75) is 57.5 Å². The van der Waals surface area contributed by atoms with E-state index in [1.165, 1.54) is 29.2 Å². The Morgan fingerprint density at radius 3 is 2.13 bits per heavy atom. The number of sulfonamides is 1. The van der Waals surface area contributed by atoms with Crippen molar-refractivity contribution in [1.29, 1.82) is 0 Å². The van der Waals surface area contributed by atoms with Crippen molar-refractivity contribution in [3.8, 4) is 0 Å². The number of carbonyl (C=O) groups excluding carboxylic acids is 2. The SMILES string of the molecule is CCCCNC(=O)[C@@H](Cc1ccccc1)N(Cc1ccccc1C)C(=O)CN(c1ccc(F)cc1)S(=O)(=O)c1ccc(C)cc1. The number of halogens is 1. The average molecular weight is 630 g/mol. The number of anilines is 1. The summed E-state index contributed by atoms with van der Waals surface area (Å²) in [6.45, 7) is 5.75. The predicted octanol–water partition coefficient (Wildman–Crippen LogP) is 6.19. The minimum atomic E-state index is -4.25. The first-order valence-corrected chi connectivity index (χ1v) is 16.5. The molecule has 4 aromatic carbocycles. The molecule has 4 aromatic rings. The first-order chi connectivity index (χ1) is 21.6. The summed E-state index contributed by atoms with van der Waals surface area (Å²) in [7, 11) is -4.25. The summed E-state index contributed by atoms with van der Waals surface area (Å²) in [4.78, 5) is 29.7. The van der Waals surface area contributed by atoms with E-state index in [9.17, 15) is 22.4 Å². The average Bonchev–Trinajstić information content (AvgIpc) is 3.03. The Hall–Kier alpha value is -4.50. The van der Waals surface area contributed by atoms with E-state index in [-0.39, 0.29) is 29.5 Å². The highest BCUT2D eigenvalue weighted by atomic mass is 32.2. The third-order valence-corrected chi connectivity index (χ3v) is 9.49. The molecule has 0 unspecified atom stereocenters. The lowest BCUT2D eigenvalue weighted by molar-refractivity contribution is -0.140. The van der Waals surface area contributed by atoms with Gasteiger partial charge >= 0.3 is 0 Å². The molecule has 0 heterocycles. The van der Waals surface area contributed by atoms with E-state index in [2.05, 4.69) is 5.32 Å². The lowest BCUT2D eigenvalue weighted by atomic mass is 10.0. The molecule has 2 amide bonds. The second-order valence-electron chi connectivity index (χ2n) is 11.1. The van der Waals surface area contributed by atoms with Crippen LogP contribution in [-0.2, 0) is 32.6 Å². The number of nitrogens with one attached hydrogen (secondary N) is 1. The highest BCUT2D eigenvalue weighted by Crippen LogP contribution is 2.26. The summed E-state index contributed by atoms with van der Waals surface area (Å²) in [6.07, 6.45) is 1.90. The zero-order valence-corrected chi connectivity index (χ0v) is 26.8. The number of rotatable bonds is 14. The quantitative estimate of drug-likeness (QED) is 0.169. The van der Waals surface area contributed by atoms with Crippen LogP contribution in [0.2, 0.25) is 0 Å². The van der Waals surface area contributed by atoms with Gasteiger partial charge in [-0.15, -0.1) is 0 Å². The maximum atomic E-state index is 14.5. The van der Waals surface area contributed by atoms with Gasteiger partial charge in [0.05, 0.1) is 10.6 Å². The minimum absolute atomic E-state index is 0.00572. The summed E-state index contributed by atoms with van der Waals surface area (Å²) >= 11 is 0. The van der Waals surface area contributed by atoms with Crippen molar-refractivity contribution in [2.75, 3.05) is 17.4 Å². The molecule has 0 aliphatic rings. The molecule has 236 valence electrons. The van der Waals surface area contributed by atoms with Gasteiger partial charge in [0.2, 0.25) is 11.8 Å². The van der Waals surface area contributed by atoms with Gasteiger partial charge in [-0.05, 0) is 73.4 Å². The zero-order valence-electron chi connectivity index (χ0n) is 25.9. The van der Waals surface area contributed by atoms with Crippen LogP contribution in [0.5, 0.6) is 0 Å². The van der Waals surface area contributed by atoms with Gasteiger partial charge in [-0.2, -0.15) is 0 Å². The second kappa shape index (κ2) is 15.5. The van der Waals surface area contributed by atoms with Crippen molar-refractivity contribution in [3.63, 3.8) is 0 Å². The number of hydrogen-bond donors (Lipinski definition) is 1. The molecule has 9 heteroatoms.